The predicted molar refractivity (Wildman–Crippen MR) is 83.8 cm³/mol. The van der Waals surface area contributed by atoms with E-state index < -0.39 is 0 Å². The molecule has 4 nitrogen and oxygen atoms in total. The lowest BCUT2D eigenvalue weighted by Crippen LogP contribution is -2.08. The van der Waals surface area contributed by atoms with Gasteiger partial charge in [0.25, 0.3) is 4.84 Å². The predicted octanol–water partition coefficient (Wildman–Crippen LogP) is 4.13. The van der Waals surface area contributed by atoms with E-state index in [2.05, 4.69) is 35.3 Å². The molecule has 1 N–H and O–H groups in total. The Bertz CT molecular complexity index is 894. The highest BCUT2D eigenvalue weighted by Gasteiger charge is 2.22. The summed E-state index contributed by atoms with van der Waals surface area (Å²) in [5.41, 5.74) is 5.73. The highest BCUT2D eigenvalue weighted by atomic mass is 32.1. The van der Waals surface area contributed by atoms with Gasteiger partial charge in [-0.2, -0.15) is 0 Å². The zero-order chi connectivity index (χ0) is 14.4. The zero-order valence-corrected chi connectivity index (χ0v) is 12.6. The Balaban J connectivity index is 2.15. The van der Waals surface area contributed by atoms with Crippen LogP contribution in [0.3, 0.4) is 0 Å². The van der Waals surface area contributed by atoms with Crippen molar-refractivity contribution in [1.82, 2.24) is 15.2 Å². The van der Waals surface area contributed by atoms with E-state index in [4.69, 9.17) is 21.6 Å². The largest absolute Gasteiger partial charge is 0.409 e. The Morgan fingerprint density at radius 3 is 2.90 bits per heavy atom. The summed E-state index contributed by atoms with van der Waals surface area (Å²) >= 11 is 5.04. The number of H-pyrrole nitrogens is 1. The molecule has 4 rings (SSSR count). The zero-order valence-electron chi connectivity index (χ0n) is 11.8. The standard InChI is InChI=1S/C16H15N3OS/c1-9-5-4-7-11-13(15-18-19-16(21)20-15)10-6-2-3-8-12(10)17-14(9)11/h4-5,7H,2-3,6,8H2,1H3,(H,19,21). The molecule has 0 fully saturated rings. The molecule has 1 aromatic carbocycles. The molecule has 21 heavy (non-hydrogen) atoms. The number of pyridine rings is 1. The van der Waals surface area contributed by atoms with Crippen LogP contribution in [0.25, 0.3) is 22.4 Å². The van der Waals surface area contributed by atoms with Crippen molar-refractivity contribution in [1.29, 1.82) is 0 Å². The quantitative estimate of drug-likeness (QED) is 0.686. The molecule has 1 aliphatic carbocycles. The van der Waals surface area contributed by atoms with Crippen molar-refractivity contribution < 1.29 is 4.42 Å². The van der Waals surface area contributed by atoms with Crippen molar-refractivity contribution in [2.75, 3.05) is 0 Å². The second kappa shape index (κ2) is 4.77. The van der Waals surface area contributed by atoms with Crippen LogP contribution in [0.5, 0.6) is 0 Å². The van der Waals surface area contributed by atoms with Gasteiger partial charge in [-0.15, -0.1) is 5.10 Å². The molecule has 0 spiro atoms. The number of aryl methyl sites for hydroxylation is 2. The number of hydrogen-bond acceptors (Lipinski definition) is 4. The summed E-state index contributed by atoms with van der Waals surface area (Å²) in [6.07, 6.45) is 4.43. The first-order valence-electron chi connectivity index (χ1n) is 7.21. The topological polar surface area (TPSA) is 54.7 Å². The van der Waals surface area contributed by atoms with E-state index in [9.17, 15) is 0 Å². The fourth-order valence-electron chi connectivity index (χ4n) is 3.17. The third-order valence-corrected chi connectivity index (χ3v) is 4.32. The van der Waals surface area contributed by atoms with E-state index >= 15 is 0 Å². The van der Waals surface area contributed by atoms with Gasteiger partial charge in [-0.05, 0) is 56.0 Å². The number of hydrogen-bond donors (Lipinski definition) is 1. The second-order valence-electron chi connectivity index (χ2n) is 5.51. The molecule has 0 bridgehead atoms. The summed E-state index contributed by atoms with van der Waals surface area (Å²) in [6.45, 7) is 2.09. The fraction of sp³-hybridized carbons (Fsp3) is 0.312. The van der Waals surface area contributed by atoms with E-state index in [1.165, 1.54) is 29.7 Å². The van der Waals surface area contributed by atoms with Crippen LogP contribution in [0, 0.1) is 11.8 Å². The lowest BCUT2D eigenvalue weighted by atomic mass is 9.89. The van der Waals surface area contributed by atoms with Crippen LogP contribution in [-0.4, -0.2) is 15.2 Å². The van der Waals surface area contributed by atoms with Gasteiger partial charge in [-0.3, -0.25) is 4.98 Å². The Morgan fingerprint density at radius 2 is 2.10 bits per heavy atom. The van der Waals surface area contributed by atoms with Gasteiger partial charge in [0.2, 0.25) is 5.89 Å². The third kappa shape index (κ3) is 2.00. The minimum absolute atomic E-state index is 0.312. The van der Waals surface area contributed by atoms with E-state index in [1.54, 1.807) is 0 Å². The van der Waals surface area contributed by atoms with Gasteiger partial charge in [0, 0.05) is 11.1 Å². The number of fused-ring (bicyclic) bond motifs is 2. The number of nitrogens with one attached hydrogen (secondary N) is 1. The molecule has 2 heterocycles. The molecule has 0 atom stereocenters. The van der Waals surface area contributed by atoms with Crippen LogP contribution >= 0.6 is 12.2 Å². The monoisotopic (exact) mass is 297 g/mol. The van der Waals surface area contributed by atoms with Crippen molar-refractivity contribution in [3.63, 3.8) is 0 Å². The first-order valence-corrected chi connectivity index (χ1v) is 7.62. The van der Waals surface area contributed by atoms with Crippen LogP contribution < -0.4 is 0 Å². The minimum atomic E-state index is 0.312. The maximum Gasteiger partial charge on any atom is 0.284 e. The van der Waals surface area contributed by atoms with Crippen LogP contribution in [-0.2, 0) is 12.8 Å². The van der Waals surface area contributed by atoms with Gasteiger partial charge < -0.3 is 4.42 Å². The van der Waals surface area contributed by atoms with Crippen LogP contribution in [0.1, 0.15) is 29.7 Å². The molecular formula is C16H15N3OS. The molecule has 0 unspecified atom stereocenters. The molecule has 3 aromatic rings. The van der Waals surface area contributed by atoms with Crippen molar-refractivity contribution >= 4 is 23.1 Å². The Labute approximate surface area is 127 Å². The maximum absolute atomic E-state index is 5.60. The van der Waals surface area contributed by atoms with E-state index in [0.29, 0.717) is 10.7 Å². The molecule has 1 aliphatic rings. The maximum atomic E-state index is 5.60. The molecule has 0 saturated heterocycles. The fourth-order valence-corrected chi connectivity index (χ4v) is 3.29. The molecule has 0 saturated carbocycles. The number of nitrogens with zero attached hydrogens (tertiary/aromatic N) is 2. The van der Waals surface area contributed by atoms with Gasteiger partial charge in [-0.1, -0.05) is 18.2 Å². The smallest absolute Gasteiger partial charge is 0.284 e. The van der Waals surface area contributed by atoms with Crippen molar-refractivity contribution in [3.8, 4) is 11.5 Å². The van der Waals surface area contributed by atoms with Gasteiger partial charge >= 0.3 is 0 Å². The van der Waals surface area contributed by atoms with Crippen LogP contribution in [0.4, 0.5) is 0 Å². The summed E-state index contributed by atoms with van der Waals surface area (Å²) in [7, 11) is 0. The summed E-state index contributed by atoms with van der Waals surface area (Å²) in [5, 5.41) is 8.08. The molecule has 0 radical (unpaired) electrons. The first-order chi connectivity index (χ1) is 10.2. The Hall–Kier alpha value is -2.01. The Morgan fingerprint density at radius 1 is 1.24 bits per heavy atom. The molecular weight excluding hydrogens is 282 g/mol. The second-order valence-corrected chi connectivity index (χ2v) is 5.88. The molecule has 0 amide bonds. The van der Waals surface area contributed by atoms with Crippen molar-refractivity contribution in [3.05, 3.63) is 39.9 Å². The number of aromatic amines is 1. The lowest BCUT2D eigenvalue weighted by Gasteiger charge is -2.19. The number of para-hydroxylation sites is 1. The number of aromatic nitrogens is 3. The van der Waals surface area contributed by atoms with Crippen molar-refractivity contribution in [2.45, 2.75) is 32.6 Å². The minimum Gasteiger partial charge on any atom is -0.409 e. The van der Waals surface area contributed by atoms with E-state index in [1.807, 2.05) is 0 Å². The first kappa shape index (κ1) is 12.7. The summed E-state index contributed by atoms with van der Waals surface area (Å²) in [6, 6.07) is 6.24. The summed E-state index contributed by atoms with van der Waals surface area (Å²) in [4.78, 5) is 5.21. The highest BCUT2D eigenvalue weighted by Crippen LogP contribution is 2.36. The number of rotatable bonds is 1. The van der Waals surface area contributed by atoms with E-state index in [0.717, 1.165) is 29.3 Å². The van der Waals surface area contributed by atoms with Gasteiger partial charge in [0.15, 0.2) is 0 Å². The van der Waals surface area contributed by atoms with Gasteiger partial charge in [0.1, 0.15) is 0 Å². The SMILES string of the molecule is Cc1cccc2c(-c3n[nH]c(=S)o3)c3c(nc12)CCCC3. The molecule has 5 heteroatoms. The molecule has 0 aliphatic heterocycles. The lowest BCUT2D eigenvalue weighted by molar-refractivity contribution is 0.550. The van der Waals surface area contributed by atoms with Gasteiger partial charge in [-0.25, -0.2) is 5.10 Å². The van der Waals surface area contributed by atoms with Gasteiger partial charge in [0.05, 0.1) is 11.1 Å². The normalized spacial score (nSPS) is 14.3. The molecule has 2 aromatic heterocycles. The summed E-state index contributed by atoms with van der Waals surface area (Å²) < 4.78 is 5.60. The van der Waals surface area contributed by atoms with Crippen molar-refractivity contribution in [2.24, 2.45) is 0 Å². The third-order valence-electron chi connectivity index (χ3n) is 4.15. The number of benzene rings is 1. The Kier molecular flexibility index (Phi) is 2.89. The summed E-state index contributed by atoms with van der Waals surface area (Å²) in [5.74, 6) is 0.580. The molecule has 106 valence electrons. The van der Waals surface area contributed by atoms with Crippen LogP contribution in [0.2, 0.25) is 0 Å². The average molecular weight is 297 g/mol. The average Bonchev–Trinajstić information content (AvgIpc) is 2.92. The van der Waals surface area contributed by atoms with E-state index in [-0.39, 0.29) is 0 Å². The highest BCUT2D eigenvalue weighted by molar-refractivity contribution is 7.71. The van der Waals surface area contributed by atoms with Crippen LogP contribution in [0.15, 0.2) is 22.6 Å².